The third kappa shape index (κ3) is 3.25. The Morgan fingerprint density at radius 3 is 2.14 bits per heavy atom. The van der Waals surface area contributed by atoms with Crippen molar-refractivity contribution in [2.24, 2.45) is 5.41 Å². The summed E-state index contributed by atoms with van der Waals surface area (Å²) < 4.78 is 0. The molecule has 0 aromatic carbocycles. The lowest BCUT2D eigenvalue weighted by atomic mass is 9.83. The molecule has 0 aromatic heterocycles. The highest BCUT2D eigenvalue weighted by atomic mass is 16.3. The number of piperidine rings is 1. The van der Waals surface area contributed by atoms with Gasteiger partial charge in [-0.2, -0.15) is 0 Å². The smallest absolute Gasteiger partial charge is 0.0446 e. The fraction of sp³-hybridized carbons (Fsp3) is 1.00. The van der Waals surface area contributed by atoms with E-state index in [2.05, 4.69) is 25.7 Å². The minimum atomic E-state index is 0.292. The molecule has 1 atom stereocenters. The molecule has 0 bridgehead atoms. The van der Waals surface area contributed by atoms with Gasteiger partial charge in [0.25, 0.3) is 0 Å². The molecular weight excluding hydrogens is 174 g/mol. The van der Waals surface area contributed by atoms with E-state index in [0.717, 1.165) is 6.42 Å². The summed E-state index contributed by atoms with van der Waals surface area (Å²) in [6.07, 6.45) is 4.96. The molecule has 1 heterocycles. The van der Waals surface area contributed by atoms with Crippen LogP contribution in [0.2, 0.25) is 0 Å². The van der Waals surface area contributed by atoms with Crippen molar-refractivity contribution in [2.75, 3.05) is 19.7 Å². The van der Waals surface area contributed by atoms with Crippen molar-refractivity contribution >= 4 is 0 Å². The number of likely N-dealkylation sites (tertiary alicyclic amines) is 1. The molecule has 1 saturated heterocycles. The zero-order valence-corrected chi connectivity index (χ0v) is 9.92. The van der Waals surface area contributed by atoms with Gasteiger partial charge in [-0.15, -0.1) is 0 Å². The van der Waals surface area contributed by atoms with Gasteiger partial charge in [-0.25, -0.2) is 0 Å². The summed E-state index contributed by atoms with van der Waals surface area (Å²) in [6, 6.07) is 0.549. The SMILES string of the molecule is CC(C)(C)C(CCO)N1CCCCC1. The highest BCUT2D eigenvalue weighted by Gasteiger charge is 2.30. The summed E-state index contributed by atoms with van der Waals surface area (Å²) in [4.78, 5) is 2.57. The fourth-order valence-corrected chi connectivity index (χ4v) is 2.52. The van der Waals surface area contributed by atoms with Crippen molar-refractivity contribution in [2.45, 2.75) is 52.5 Å². The van der Waals surface area contributed by atoms with Crippen molar-refractivity contribution in [3.63, 3.8) is 0 Å². The van der Waals surface area contributed by atoms with Gasteiger partial charge in [-0.1, -0.05) is 27.2 Å². The van der Waals surface area contributed by atoms with Crippen molar-refractivity contribution in [1.82, 2.24) is 4.90 Å². The number of nitrogens with zero attached hydrogens (tertiary/aromatic N) is 1. The minimum Gasteiger partial charge on any atom is -0.396 e. The van der Waals surface area contributed by atoms with Crippen molar-refractivity contribution in [3.05, 3.63) is 0 Å². The van der Waals surface area contributed by atoms with E-state index >= 15 is 0 Å². The average Bonchev–Trinajstić information content (AvgIpc) is 2.14. The predicted octanol–water partition coefficient (Wildman–Crippen LogP) is 2.27. The monoisotopic (exact) mass is 199 g/mol. The molecule has 0 saturated carbocycles. The third-order valence-electron chi connectivity index (χ3n) is 3.23. The standard InChI is InChI=1S/C12H25NO/c1-12(2,3)11(7-10-14)13-8-5-4-6-9-13/h11,14H,4-10H2,1-3H3. The number of hydrogen-bond acceptors (Lipinski definition) is 2. The van der Waals surface area contributed by atoms with Gasteiger partial charge in [0, 0.05) is 12.6 Å². The number of aliphatic hydroxyl groups excluding tert-OH is 1. The highest BCUT2D eigenvalue weighted by Crippen LogP contribution is 2.28. The zero-order chi connectivity index (χ0) is 10.6. The van der Waals surface area contributed by atoms with Gasteiger partial charge >= 0.3 is 0 Å². The second-order valence-electron chi connectivity index (χ2n) is 5.49. The van der Waals surface area contributed by atoms with Crippen LogP contribution in [0.4, 0.5) is 0 Å². The molecule has 14 heavy (non-hydrogen) atoms. The predicted molar refractivity (Wildman–Crippen MR) is 60.4 cm³/mol. The van der Waals surface area contributed by atoms with Crippen LogP contribution in [0.5, 0.6) is 0 Å². The molecular formula is C12H25NO. The highest BCUT2D eigenvalue weighted by molar-refractivity contribution is 4.84. The number of rotatable bonds is 3. The summed E-state index contributed by atoms with van der Waals surface area (Å²) in [5, 5.41) is 9.10. The average molecular weight is 199 g/mol. The first kappa shape index (κ1) is 12.0. The van der Waals surface area contributed by atoms with E-state index in [0.29, 0.717) is 18.1 Å². The molecule has 0 spiro atoms. The van der Waals surface area contributed by atoms with Crippen LogP contribution in [0.25, 0.3) is 0 Å². The van der Waals surface area contributed by atoms with Gasteiger partial charge in [0.2, 0.25) is 0 Å². The van der Waals surface area contributed by atoms with Gasteiger partial charge in [-0.05, 0) is 37.8 Å². The lowest BCUT2D eigenvalue weighted by Crippen LogP contribution is -2.46. The maximum atomic E-state index is 9.10. The van der Waals surface area contributed by atoms with E-state index in [1.54, 1.807) is 0 Å². The lowest BCUT2D eigenvalue weighted by molar-refractivity contribution is 0.0596. The first-order valence-electron chi connectivity index (χ1n) is 5.90. The Labute approximate surface area is 88.3 Å². The van der Waals surface area contributed by atoms with Crippen LogP contribution < -0.4 is 0 Å². The maximum Gasteiger partial charge on any atom is 0.0446 e. The molecule has 2 nitrogen and oxygen atoms in total. The topological polar surface area (TPSA) is 23.5 Å². The van der Waals surface area contributed by atoms with Gasteiger partial charge in [0.05, 0.1) is 0 Å². The minimum absolute atomic E-state index is 0.292. The Bertz CT molecular complexity index is 156. The summed E-state index contributed by atoms with van der Waals surface area (Å²) in [6.45, 7) is 9.61. The fourth-order valence-electron chi connectivity index (χ4n) is 2.52. The largest absolute Gasteiger partial charge is 0.396 e. The Balaban J connectivity index is 2.56. The van der Waals surface area contributed by atoms with E-state index in [9.17, 15) is 0 Å². The molecule has 2 heteroatoms. The second kappa shape index (κ2) is 5.13. The van der Waals surface area contributed by atoms with Crippen LogP contribution in [0, 0.1) is 5.41 Å². The molecule has 1 rings (SSSR count). The zero-order valence-electron chi connectivity index (χ0n) is 9.92. The van der Waals surface area contributed by atoms with E-state index in [-0.39, 0.29) is 0 Å². The Kier molecular flexibility index (Phi) is 4.39. The summed E-state index contributed by atoms with van der Waals surface area (Å²) in [5.74, 6) is 0. The molecule has 0 aromatic rings. The first-order valence-corrected chi connectivity index (χ1v) is 5.90. The van der Waals surface area contributed by atoms with Crippen LogP contribution in [0.1, 0.15) is 46.5 Å². The Morgan fingerprint density at radius 1 is 1.14 bits per heavy atom. The number of aliphatic hydroxyl groups is 1. The molecule has 1 unspecified atom stereocenters. The molecule has 84 valence electrons. The molecule has 1 N–H and O–H groups in total. The van der Waals surface area contributed by atoms with Gasteiger partial charge in [-0.3, -0.25) is 4.90 Å². The molecule has 1 aliphatic rings. The molecule has 0 amide bonds. The normalized spacial score (nSPS) is 22.3. The Hall–Kier alpha value is -0.0800. The summed E-state index contributed by atoms with van der Waals surface area (Å²) >= 11 is 0. The maximum absolute atomic E-state index is 9.10. The van der Waals surface area contributed by atoms with Gasteiger partial charge in [0.15, 0.2) is 0 Å². The van der Waals surface area contributed by atoms with Crippen molar-refractivity contribution in [1.29, 1.82) is 0 Å². The quantitative estimate of drug-likeness (QED) is 0.753. The Morgan fingerprint density at radius 2 is 1.71 bits per heavy atom. The first-order chi connectivity index (χ1) is 6.55. The molecule has 1 aliphatic heterocycles. The molecule has 0 aliphatic carbocycles. The van der Waals surface area contributed by atoms with Crippen LogP contribution in [-0.2, 0) is 0 Å². The molecule has 0 radical (unpaired) electrons. The summed E-state index contributed by atoms with van der Waals surface area (Å²) in [5.41, 5.74) is 0.292. The third-order valence-corrected chi connectivity index (χ3v) is 3.23. The lowest BCUT2D eigenvalue weighted by Gasteiger charge is -2.42. The van der Waals surface area contributed by atoms with E-state index in [4.69, 9.17) is 5.11 Å². The molecule has 1 fully saturated rings. The van der Waals surface area contributed by atoms with Crippen molar-refractivity contribution in [3.8, 4) is 0 Å². The van der Waals surface area contributed by atoms with Gasteiger partial charge in [0.1, 0.15) is 0 Å². The second-order valence-corrected chi connectivity index (χ2v) is 5.49. The van der Waals surface area contributed by atoms with Gasteiger partial charge < -0.3 is 5.11 Å². The van der Waals surface area contributed by atoms with E-state index < -0.39 is 0 Å². The van der Waals surface area contributed by atoms with Crippen LogP contribution >= 0.6 is 0 Å². The van der Waals surface area contributed by atoms with Crippen LogP contribution in [0.15, 0.2) is 0 Å². The van der Waals surface area contributed by atoms with Crippen LogP contribution in [-0.4, -0.2) is 35.7 Å². The van der Waals surface area contributed by atoms with Crippen LogP contribution in [0.3, 0.4) is 0 Å². The van der Waals surface area contributed by atoms with E-state index in [1.165, 1.54) is 32.4 Å². The van der Waals surface area contributed by atoms with E-state index in [1.807, 2.05) is 0 Å². The van der Waals surface area contributed by atoms with Crippen molar-refractivity contribution < 1.29 is 5.11 Å². The number of hydrogen-bond donors (Lipinski definition) is 1. The summed E-state index contributed by atoms with van der Waals surface area (Å²) in [7, 11) is 0.